The van der Waals surface area contributed by atoms with Gasteiger partial charge in [-0.05, 0) is 19.9 Å². The van der Waals surface area contributed by atoms with E-state index in [0.717, 1.165) is 29.7 Å². The second-order valence-electron chi connectivity index (χ2n) is 4.63. The first-order chi connectivity index (χ1) is 8.69. The van der Waals surface area contributed by atoms with Crippen LogP contribution in [0.3, 0.4) is 0 Å². The summed E-state index contributed by atoms with van der Waals surface area (Å²) < 4.78 is 1.80. The minimum atomic E-state index is 0.389. The van der Waals surface area contributed by atoms with Crippen molar-refractivity contribution in [3.63, 3.8) is 0 Å². The van der Waals surface area contributed by atoms with Gasteiger partial charge in [0.2, 0.25) is 0 Å². The summed E-state index contributed by atoms with van der Waals surface area (Å²) in [4.78, 5) is 8.78. The Morgan fingerprint density at radius 2 is 2.11 bits per heavy atom. The molecule has 0 aliphatic rings. The number of hydrogen-bond donors (Lipinski definition) is 1. The molecule has 2 rings (SSSR count). The van der Waals surface area contributed by atoms with E-state index < -0.39 is 0 Å². The van der Waals surface area contributed by atoms with Crippen LogP contribution in [0.15, 0.2) is 12.5 Å². The van der Waals surface area contributed by atoms with Crippen molar-refractivity contribution in [3.05, 3.63) is 18.2 Å². The SMILES string of the molecule is CCNC(C)C(CC)c1ncnc2c1cnn2C. The van der Waals surface area contributed by atoms with Gasteiger partial charge in [0.15, 0.2) is 5.65 Å². The molecule has 2 atom stereocenters. The molecular weight excluding hydrogens is 226 g/mol. The van der Waals surface area contributed by atoms with Gasteiger partial charge in [0.25, 0.3) is 0 Å². The summed E-state index contributed by atoms with van der Waals surface area (Å²) in [5, 5.41) is 8.82. The van der Waals surface area contributed by atoms with Crippen LogP contribution in [0, 0.1) is 0 Å². The monoisotopic (exact) mass is 247 g/mol. The third kappa shape index (κ3) is 2.22. The molecule has 0 saturated carbocycles. The molecule has 2 heterocycles. The van der Waals surface area contributed by atoms with Crippen molar-refractivity contribution in [1.29, 1.82) is 0 Å². The maximum Gasteiger partial charge on any atom is 0.161 e. The number of nitrogens with one attached hydrogen (secondary N) is 1. The maximum absolute atomic E-state index is 4.49. The molecule has 0 fully saturated rings. The molecule has 2 aromatic heterocycles. The van der Waals surface area contributed by atoms with Gasteiger partial charge in [-0.2, -0.15) is 5.10 Å². The Kier molecular flexibility index (Phi) is 3.91. The summed E-state index contributed by atoms with van der Waals surface area (Å²) in [7, 11) is 1.91. The molecule has 0 aliphatic carbocycles. The van der Waals surface area contributed by atoms with Crippen LogP contribution < -0.4 is 5.32 Å². The lowest BCUT2D eigenvalue weighted by atomic mass is 9.92. The van der Waals surface area contributed by atoms with E-state index >= 15 is 0 Å². The molecule has 2 unspecified atom stereocenters. The fraction of sp³-hybridized carbons (Fsp3) is 0.615. The predicted octanol–water partition coefficient (Wildman–Crippen LogP) is 1.85. The van der Waals surface area contributed by atoms with E-state index in [0.29, 0.717) is 12.0 Å². The Morgan fingerprint density at radius 3 is 2.78 bits per heavy atom. The van der Waals surface area contributed by atoms with Crippen LogP contribution in [0.5, 0.6) is 0 Å². The molecule has 0 aromatic carbocycles. The molecule has 5 heteroatoms. The lowest BCUT2D eigenvalue weighted by Gasteiger charge is -2.23. The van der Waals surface area contributed by atoms with Gasteiger partial charge in [-0.25, -0.2) is 9.97 Å². The number of likely N-dealkylation sites (N-methyl/N-ethyl adjacent to an activating group) is 1. The van der Waals surface area contributed by atoms with Crippen LogP contribution >= 0.6 is 0 Å². The molecule has 0 amide bonds. The van der Waals surface area contributed by atoms with Gasteiger partial charge in [-0.15, -0.1) is 0 Å². The molecule has 0 saturated heterocycles. The van der Waals surface area contributed by atoms with Crippen molar-refractivity contribution in [2.24, 2.45) is 7.05 Å². The Bertz CT molecular complexity index is 519. The molecule has 5 nitrogen and oxygen atoms in total. The quantitative estimate of drug-likeness (QED) is 0.876. The number of nitrogens with zero attached hydrogens (tertiary/aromatic N) is 4. The standard InChI is InChI=1S/C13H21N5/c1-5-10(9(3)14-6-2)12-11-7-17-18(4)13(11)16-8-15-12/h7-10,14H,5-6H2,1-4H3. The van der Waals surface area contributed by atoms with Gasteiger partial charge in [-0.3, -0.25) is 4.68 Å². The molecule has 0 spiro atoms. The topological polar surface area (TPSA) is 55.6 Å². The molecule has 18 heavy (non-hydrogen) atoms. The zero-order chi connectivity index (χ0) is 13.1. The molecule has 2 aromatic rings. The minimum Gasteiger partial charge on any atom is -0.314 e. The van der Waals surface area contributed by atoms with Crippen LogP contribution in [0.2, 0.25) is 0 Å². The third-order valence-corrected chi connectivity index (χ3v) is 3.48. The van der Waals surface area contributed by atoms with Crippen molar-refractivity contribution in [2.45, 2.75) is 39.2 Å². The highest BCUT2D eigenvalue weighted by Crippen LogP contribution is 2.27. The second kappa shape index (κ2) is 5.44. The first kappa shape index (κ1) is 13.0. The van der Waals surface area contributed by atoms with Crippen molar-refractivity contribution in [3.8, 4) is 0 Å². The zero-order valence-electron chi connectivity index (χ0n) is 11.5. The first-order valence-corrected chi connectivity index (χ1v) is 6.55. The van der Waals surface area contributed by atoms with Gasteiger partial charge >= 0.3 is 0 Å². The van der Waals surface area contributed by atoms with Crippen LogP contribution in [-0.2, 0) is 7.05 Å². The van der Waals surface area contributed by atoms with Crippen LogP contribution in [0.25, 0.3) is 11.0 Å². The largest absolute Gasteiger partial charge is 0.314 e. The Balaban J connectivity index is 2.44. The van der Waals surface area contributed by atoms with E-state index in [9.17, 15) is 0 Å². The zero-order valence-corrected chi connectivity index (χ0v) is 11.5. The average molecular weight is 247 g/mol. The lowest BCUT2D eigenvalue weighted by molar-refractivity contribution is 0.455. The molecule has 0 radical (unpaired) electrons. The van der Waals surface area contributed by atoms with E-state index in [1.54, 1.807) is 11.0 Å². The summed E-state index contributed by atoms with van der Waals surface area (Å²) in [6, 6.07) is 0.401. The average Bonchev–Trinajstić information content (AvgIpc) is 2.74. The Labute approximate surface area is 108 Å². The maximum atomic E-state index is 4.49. The van der Waals surface area contributed by atoms with Crippen LogP contribution in [0.1, 0.15) is 38.8 Å². The summed E-state index contributed by atoms with van der Waals surface area (Å²) in [5.41, 5.74) is 2.01. The Morgan fingerprint density at radius 1 is 1.33 bits per heavy atom. The van der Waals surface area contributed by atoms with Crippen molar-refractivity contribution >= 4 is 11.0 Å². The molecule has 0 bridgehead atoms. The van der Waals surface area contributed by atoms with E-state index in [1.165, 1.54) is 0 Å². The smallest absolute Gasteiger partial charge is 0.161 e. The number of aromatic nitrogens is 4. The number of aryl methyl sites for hydroxylation is 1. The van der Waals surface area contributed by atoms with E-state index in [2.05, 4.69) is 41.2 Å². The number of rotatable bonds is 5. The predicted molar refractivity (Wildman–Crippen MR) is 72.5 cm³/mol. The highest BCUT2D eigenvalue weighted by molar-refractivity contribution is 5.77. The van der Waals surface area contributed by atoms with Crippen molar-refractivity contribution in [1.82, 2.24) is 25.1 Å². The van der Waals surface area contributed by atoms with E-state index in [-0.39, 0.29) is 0 Å². The molecule has 0 aliphatic heterocycles. The van der Waals surface area contributed by atoms with E-state index in [4.69, 9.17) is 0 Å². The highest BCUT2D eigenvalue weighted by atomic mass is 15.3. The first-order valence-electron chi connectivity index (χ1n) is 6.55. The summed E-state index contributed by atoms with van der Waals surface area (Å²) in [6.45, 7) is 7.51. The van der Waals surface area contributed by atoms with E-state index in [1.807, 2.05) is 13.2 Å². The van der Waals surface area contributed by atoms with Gasteiger partial charge in [0.05, 0.1) is 17.3 Å². The fourth-order valence-electron chi connectivity index (χ4n) is 2.52. The lowest BCUT2D eigenvalue weighted by Crippen LogP contribution is -2.32. The van der Waals surface area contributed by atoms with Crippen molar-refractivity contribution < 1.29 is 0 Å². The molecule has 98 valence electrons. The number of hydrogen-bond acceptors (Lipinski definition) is 4. The Hall–Kier alpha value is -1.49. The summed E-state index contributed by atoms with van der Waals surface area (Å²) in [6.07, 6.45) is 4.56. The minimum absolute atomic E-state index is 0.389. The third-order valence-electron chi connectivity index (χ3n) is 3.48. The van der Waals surface area contributed by atoms with Crippen LogP contribution in [0.4, 0.5) is 0 Å². The van der Waals surface area contributed by atoms with Gasteiger partial charge in [0, 0.05) is 19.0 Å². The fourth-order valence-corrected chi connectivity index (χ4v) is 2.52. The molecule has 1 N–H and O–H groups in total. The summed E-state index contributed by atoms with van der Waals surface area (Å²) >= 11 is 0. The van der Waals surface area contributed by atoms with Crippen molar-refractivity contribution in [2.75, 3.05) is 6.54 Å². The number of fused-ring (bicyclic) bond motifs is 1. The summed E-state index contributed by atoms with van der Waals surface area (Å²) in [5.74, 6) is 0.389. The second-order valence-corrected chi connectivity index (χ2v) is 4.63. The normalized spacial score (nSPS) is 14.9. The molecular formula is C13H21N5. The van der Waals surface area contributed by atoms with Gasteiger partial charge in [-0.1, -0.05) is 13.8 Å². The van der Waals surface area contributed by atoms with Gasteiger partial charge < -0.3 is 5.32 Å². The van der Waals surface area contributed by atoms with Gasteiger partial charge in [0.1, 0.15) is 6.33 Å². The van der Waals surface area contributed by atoms with Crippen LogP contribution in [-0.4, -0.2) is 32.3 Å². The highest BCUT2D eigenvalue weighted by Gasteiger charge is 2.21.